The van der Waals surface area contributed by atoms with E-state index in [0.717, 1.165) is 44.6 Å². The van der Waals surface area contributed by atoms with Crippen LogP contribution in [-0.4, -0.2) is 41.1 Å². The predicted molar refractivity (Wildman–Crippen MR) is 87.0 cm³/mol. The molecule has 1 aliphatic heterocycles. The smallest absolute Gasteiger partial charge is 0.264 e. The van der Waals surface area contributed by atoms with Gasteiger partial charge in [0.2, 0.25) is 0 Å². The number of ether oxygens (including phenoxy) is 1. The molecule has 1 N–H and O–H groups in total. The summed E-state index contributed by atoms with van der Waals surface area (Å²) in [6.45, 7) is 7.80. The highest BCUT2D eigenvalue weighted by Gasteiger charge is 2.24. The van der Waals surface area contributed by atoms with Gasteiger partial charge in [0, 0.05) is 13.1 Å². The number of rotatable bonds is 5. The van der Waals surface area contributed by atoms with Crippen molar-refractivity contribution >= 4 is 22.6 Å². The van der Waals surface area contributed by atoms with E-state index in [4.69, 9.17) is 4.74 Å². The van der Waals surface area contributed by atoms with Crippen LogP contribution in [0.15, 0.2) is 4.79 Å². The maximum Gasteiger partial charge on any atom is 0.264 e. The van der Waals surface area contributed by atoms with Gasteiger partial charge in [-0.1, -0.05) is 20.3 Å². The Balaban J connectivity index is 2.21. The molecule has 1 aromatic heterocycles. The first kappa shape index (κ1) is 15.9. The van der Waals surface area contributed by atoms with Crippen molar-refractivity contribution in [3.8, 4) is 0 Å². The Morgan fingerprint density at radius 2 is 2.25 bits per heavy atom. The summed E-state index contributed by atoms with van der Waals surface area (Å²) in [7, 11) is 0. The molecule has 1 aromatic rings. The van der Waals surface area contributed by atoms with E-state index in [9.17, 15) is 4.79 Å². The molecule has 1 unspecified atom stereocenters. The van der Waals surface area contributed by atoms with E-state index in [-0.39, 0.29) is 11.7 Å². The van der Waals surface area contributed by atoms with Crippen LogP contribution in [0.25, 0.3) is 0 Å². The highest BCUT2D eigenvalue weighted by molar-refractivity contribution is 14.1. The normalized spacial score (nSPS) is 20.2. The number of aromatic nitrogens is 2. The summed E-state index contributed by atoms with van der Waals surface area (Å²) in [6.07, 6.45) is 2.83. The highest BCUT2D eigenvalue weighted by Crippen LogP contribution is 2.20. The van der Waals surface area contributed by atoms with Gasteiger partial charge in [0.15, 0.2) is 0 Å². The lowest BCUT2D eigenvalue weighted by Gasteiger charge is -2.32. The lowest BCUT2D eigenvalue weighted by Crippen LogP contribution is -2.40. The fourth-order valence-electron chi connectivity index (χ4n) is 2.47. The number of aromatic amines is 1. The van der Waals surface area contributed by atoms with E-state index in [2.05, 4.69) is 51.3 Å². The Hall–Kier alpha value is -0.470. The Morgan fingerprint density at radius 1 is 1.45 bits per heavy atom. The number of morpholine rings is 1. The van der Waals surface area contributed by atoms with Crippen LogP contribution in [0.1, 0.15) is 44.3 Å². The molecule has 1 saturated heterocycles. The van der Waals surface area contributed by atoms with Crippen molar-refractivity contribution in [2.75, 3.05) is 26.2 Å². The summed E-state index contributed by atoms with van der Waals surface area (Å²) in [5.74, 6) is 0.680. The molecule has 1 aliphatic rings. The molecule has 112 valence electrons. The van der Waals surface area contributed by atoms with Crippen molar-refractivity contribution in [3.63, 3.8) is 0 Å². The second kappa shape index (κ2) is 7.51. The van der Waals surface area contributed by atoms with Gasteiger partial charge in [-0.3, -0.25) is 9.69 Å². The maximum absolute atomic E-state index is 12.0. The van der Waals surface area contributed by atoms with Gasteiger partial charge in [0.05, 0.1) is 15.9 Å². The fraction of sp³-hybridized carbons (Fsp3) is 0.714. The molecule has 0 saturated carbocycles. The SMILES string of the molecule is CCCc1nc(C2CN(CCC)CCO2)[nH]c(=O)c1I. The molecule has 2 rings (SSSR count). The Labute approximate surface area is 133 Å². The number of hydrogen-bond donors (Lipinski definition) is 1. The summed E-state index contributed by atoms with van der Waals surface area (Å²) in [4.78, 5) is 21.9. The fourth-order valence-corrected chi connectivity index (χ4v) is 2.99. The first-order chi connectivity index (χ1) is 9.65. The minimum atomic E-state index is -0.115. The van der Waals surface area contributed by atoms with Crippen LogP contribution in [0.3, 0.4) is 0 Å². The lowest BCUT2D eigenvalue weighted by atomic mass is 10.2. The molecule has 1 atom stereocenters. The minimum Gasteiger partial charge on any atom is -0.368 e. The topological polar surface area (TPSA) is 58.2 Å². The van der Waals surface area contributed by atoms with Crippen molar-refractivity contribution in [3.05, 3.63) is 25.4 Å². The maximum atomic E-state index is 12.0. The van der Waals surface area contributed by atoms with Crippen LogP contribution in [0, 0.1) is 3.57 Å². The Bertz CT molecular complexity index is 502. The third-order valence-corrected chi connectivity index (χ3v) is 4.54. The average molecular weight is 391 g/mol. The van der Waals surface area contributed by atoms with Crippen LogP contribution in [0.5, 0.6) is 0 Å². The first-order valence-corrected chi connectivity index (χ1v) is 8.36. The van der Waals surface area contributed by atoms with Crippen LogP contribution in [-0.2, 0) is 11.2 Å². The van der Waals surface area contributed by atoms with Crippen LogP contribution >= 0.6 is 22.6 Å². The first-order valence-electron chi connectivity index (χ1n) is 7.28. The summed E-state index contributed by atoms with van der Waals surface area (Å²) in [6, 6.07) is 0. The van der Waals surface area contributed by atoms with Gasteiger partial charge in [0.1, 0.15) is 11.9 Å². The van der Waals surface area contributed by atoms with Gasteiger partial charge in [-0.2, -0.15) is 0 Å². The zero-order chi connectivity index (χ0) is 14.5. The van der Waals surface area contributed by atoms with Crippen molar-refractivity contribution in [1.82, 2.24) is 14.9 Å². The zero-order valence-electron chi connectivity index (χ0n) is 12.1. The lowest BCUT2D eigenvalue weighted by molar-refractivity contribution is -0.0344. The molecule has 0 bridgehead atoms. The second-order valence-electron chi connectivity index (χ2n) is 5.12. The van der Waals surface area contributed by atoms with Crippen molar-refractivity contribution < 1.29 is 4.74 Å². The second-order valence-corrected chi connectivity index (χ2v) is 6.20. The quantitative estimate of drug-likeness (QED) is 0.782. The van der Waals surface area contributed by atoms with Crippen LogP contribution in [0.2, 0.25) is 0 Å². The van der Waals surface area contributed by atoms with E-state index < -0.39 is 0 Å². The molecule has 0 amide bonds. The molecule has 0 spiro atoms. The van der Waals surface area contributed by atoms with Gasteiger partial charge in [-0.15, -0.1) is 0 Å². The number of nitrogens with one attached hydrogen (secondary N) is 1. The van der Waals surface area contributed by atoms with Crippen molar-refractivity contribution in [2.45, 2.75) is 39.2 Å². The summed E-state index contributed by atoms with van der Waals surface area (Å²) < 4.78 is 6.49. The Kier molecular flexibility index (Phi) is 5.98. The number of H-pyrrole nitrogens is 1. The van der Waals surface area contributed by atoms with Crippen LogP contribution < -0.4 is 5.56 Å². The molecule has 0 radical (unpaired) electrons. The predicted octanol–water partition coefficient (Wildman–Crippen LogP) is 2.11. The molecule has 1 fully saturated rings. The average Bonchev–Trinajstić information content (AvgIpc) is 2.44. The van der Waals surface area contributed by atoms with Crippen LogP contribution in [0.4, 0.5) is 0 Å². The molecule has 0 aliphatic carbocycles. The van der Waals surface area contributed by atoms with Gasteiger partial charge in [-0.05, 0) is 42.0 Å². The van der Waals surface area contributed by atoms with E-state index in [0.29, 0.717) is 16.0 Å². The third kappa shape index (κ3) is 3.79. The number of hydrogen-bond acceptors (Lipinski definition) is 4. The standard InChI is InChI=1S/C14H22IN3O2/c1-3-5-10-12(15)14(19)17-13(16-10)11-9-18(6-4-2)7-8-20-11/h11H,3-9H2,1-2H3,(H,16,17,19). The Morgan fingerprint density at radius 3 is 2.95 bits per heavy atom. The van der Waals surface area contributed by atoms with Gasteiger partial charge < -0.3 is 9.72 Å². The molecular weight excluding hydrogens is 369 g/mol. The molecule has 0 aromatic carbocycles. The molecular formula is C14H22IN3O2. The monoisotopic (exact) mass is 391 g/mol. The van der Waals surface area contributed by atoms with E-state index in [1.54, 1.807) is 0 Å². The summed E-state index contributed by atoms with van der Waals surface area (Å²) in [5, 5.41) is 0. The molecule has 2 heterocycles. The number of aryl methyl sites for hydroxylation is 1. The van der Waals surface area contributed by atoms with Gasteiger partial charge in [-0.25, -0.2) is 4.98 Å². The summed E-state index contributed by atoms with van der Waals surface area (Å²) in [5.41, 5.74) is 0.846. The van der Waals surface area contributed by atoms with Crippen molar-refractivity contribution in [2.24, 2.45) is 0 Å². The van der Waals surface area contributed by atoms with Gasteiger partial charge >= 0.3 is 0 Å². The zero-order valence-corrected chi connectivity index (χ0v) is 14.3. The minimum absolute atomic E-state index is 0.0461. The van der Waals surface area contributed by atoms with E-state index >= 15 is 0 Å². The van der Waals surface area contributed by atoms with E-state index in [1.165, 1.54) is 0 Å². The molecule has 20 heavy (non-hydrogen) atoms. The molecule has 5 nitrogen and oxygen atoms in total. The van der Waals surface area contributed by atoms with E-state index in [1.807, 2.05) is 0 Å². The largest absolute Gasteiger partial charge is 0.368 e. The highest BCUT2D eigenvalue weighted by atomic mass is 127. The summed E-state index contributed by atoms with van der Waals surface area (Å²) >= 11 is 2.08. The van der Waals surface area contributed by atoms with Gasteiger partial charge in [0.25, 0.3) is 5.56 Å². The third-order valence-electron chi connectivity index (χ3n) is 3.43. The molecule has 6 heteroatoms. The number of halogens is 1. The van der Waals surface area contributed by atoms with Crippen molar-refractivity contribution in [1.29, 1.82) is 0 Å². The number of nitrogens with zero attached hydrogens (tertiary/aromatic N) is 2.